The zero-order valence-electron chi connectivity index (χ0n) is 20.2. The Morgan fingerprint density at radius 2 is 1.92 bits per heavy atom. The molecule has 6 aromatic rings. The highest BCUT2D eigenvalue weighted by molar-refractivity contribution is 5.86. The molecule has 0 saturated carbocycles. The molecule has 1 N–H and O–H groups in total. The van der Waals surface area contributed by atoms with E-state index >= 15 is 0 Å². The number of fused-ring (bicyclic) bond motifs is 2. The van der Waals surface area contributed by atoms with Crippen molar-refractivity contribution in [3.8, 4) is 29.4 Å². The molecule has 0 fully saturated rings. The van der Waals surface area contributed by atoms with Crippen molar-refractivity contribution in [3.63, 3.8) is 0 Å². The Kier molecular flexibility index (Phi) is 5.08. The van der Waals surface area contributed by atoms with Crippen LogP contribution in [0, 0.1) is 26.2 Å². The van der Waals surface area contributed by atoms with Crippen molar-refractivity contribution in [3.05, 3.63) is 76.9 Å². The average Bonchev–Trinajstić information content (AvgIpc) is 3.62. The molecule has 0 aliphatic rings. The first kappa shape index (κ1) is 21.7. The van der Waals surface area contributed by atoms with Gasteiger partial charge in [-0.15, -0.1) is 16.6 Å². The van der Waals surface area contributed by atoms with E-state index in [4.69, 9.17) is 21.5 Å². The van der Waals surface area contributed by atoms with E-state index < -0.39 is 0 Å². The Morgan fingerprint density at radius 3 is 2.69 bits per heavy atom. The number of nitrogens with zero attached hydrogens (tertiary/aromatic N) is 8. The van der Waals surface area contributed by atoms with E-state index in [-0.39, 0.29) is 0 Å². The van der Waals surface area contributed by atoms with Gasteiger partial charge >= 0.3 is 0 Å². The van der Waals surface area contributed by atoms with Crippen molar-refractivity contribution in [2.75, 3.05) is 0 Å². The largest absolute Gasteiger partial charge is 0.308 e. The summed E-state index contributed by atoms with van der Waals surface area (Å²) in [7, 11) is 0. The minimum Gasteiger partial charge on any atom is -0.308 e. The summed E-state index contributed by atoms with van der Waals surface area (Å²) in [5.74, 6) is 4.33. The van der Waals surface area contributed by atoms with E-state index in [0.717, 1.165) is 62.4 Å². The Balaban J connectivity index is 1.48. The van der Waals surface area contributed by atoms with E-state index in [9.17, 15) is 0 Å². The lowest BCUT2D eigenvalue weighted by molar-refractivity contribution is 0.746. The Labute approximate surface area is 207 Å². The van der Waals surface area contributed by atoms with Gasteiger partial charge in [-0.3, -0.25) is 0 Å². The van der Waals surface area contributed by atoms with Crippen molar-refractivity contribution in [1.82, 2.24) is 44.9 Å². The van der Waals surface area contributed by atoms with Crippen molar-refractivity contribution in [2.45, 2.75) is 33.7 Å². The third kappa shape index (κ3) is 3.43. The number of terminal acetylenes is 1. The predicted octanol–water partition coefficient (Wildman–Crippen LogP) is 4.16. The summed E-state index contributed by atoms with van der Waals surface area (Å²) in [6.07, 6.45) is 6.84. The molecule has 0 aliphatic heterocycles. The maximum atomic E-state index is 6.02. The van der Waals surface area contributed by atoms with Crippen LogP contribution in [0.2, 0.25) is 0 Å². The summed E-state index contributed by atoms with van der Waals surface area (Å²) in [5.41, 5.74) is 8.12. The Bertz CT molecular complexity index is 1780. The molecule has 0 unspecified atom stereocenters. The topological polar surface area (TPSA) is 103 Å². The van der Waals surface area contributed by atoms with Gasteiger partial charge in [-0.1, -0.05) is 25.1 Å². The summed E-state index contributed by atoms with van der Waals surface area (Å²) in [5, 5.41) is 20.2. The highest BCUT2D eigenvalue weighted by atomic mass is 15.5. The number of aromatic amines is 1. The summed E-state index contributed by atoms with van der Waals surface area (Å²) < 4.78 is 3.97. The number of rotatable bonds is 5. The smallest absolute Gasteiger partial charge is 0.206 e. The maximum Gasteiger partial charge on any atom is 0.206 e. The van der Waals surface area contributed by atoms with Crippen LogP contribution in [0.4, 0.5) is 0 Å². The van der Waals surface area contributed by atoms with Gasteiger partial charge in [0.25, 0.3) is 0 Å². The van der Waals surface area contributed by atoms with Crippen LogP contribution in [0.25, 0.3) is 39.1 Å². The summed E-state index contributed by atoms with van der Waals surface area (Å²) in [6.45, 7) is 6.85. The number of para-hydroxylation sites is 1. The number of aryl methyl sites for hydroxylation is 3. The van der Waals surface area contributed by atoms with Crippen molar-refractivity contribution in [1.29, 1.82) is 0 Å². The van der Waals surface area contributed by atoms with Crippen molar-refractivity contribution >= 4 is 22.1 Å². The third-order valence-corrected chi connectivity index (χ3v) is 6.35. The number of tetrazole rings is 1. The molecule has 0 atom stereocenters. The molecule has 4 aromatic heterocycles. The molecular weight excluding hydrogens is 450 g/mol. The lowest BCUT2D eigenvalue weighted by Gasteiger charge is -2.09. The van der Waals surface area contributed by atoms with Crippen molar-refractivity contribution < 1.29 is 0 Å². The lowest BCUT2D eigenvalue weighted by atomic mass is 10.1. The summed E-state index contributed by atoms with van der Waals surface area (Å²) >= 11 is 0. The second-order valence-electron chi connectivity index (χ2n) is 8.73. The first-order valence-corrected chi connectivity index (χ1v) is 11.7. The predicted molar refractivity (Wildman–Crippen MR) is 138 cm³/mol. The number of aromatic nitrogens is 9. The molecule has 0 bridgehead atoms. The number of hydrogen-bond donors (Lipinski definition) is 1. The van der Waals surface area contributed by atoms with Crippen LogP contribution in [-0.2, 0) is 13.0 Å². The van der Waals surface area contributed by atoms with Gasteiger partial charge in [-0.25, -0.2) is 14.6 Å². The molecule has 0 spiro atoms. The maximum absolute atomic E-state index is 6.02. The molecule has 36 heavy (non-hydrogen) atoms. The monoisotopic (exact) mass is 473 g/mol. The fourth-order valence-electron chi connectivity index (χ4n) is 4.73. The SMILES string of the molecule is C#Cc1c2cc(Cn3c(CC)nc4c(C)cc(C)nc43)ccc2nn1-c1ccccc1-c1nn[nH]n1. The molecule has 0 saturated heterocycles. The second kappa shape index (κ2) is 8.43. The number of nitrogens with one attached hydrogen (secondary N) is 1. The van der Waals surface area contributed by atoms with Crippen LogP contribution >= 0.6 is 0 Å². The molecule has 9 nitrogen and oxygen atoms in total. The fraction of sp³-hybridized carbons (Fsp3) is 0.185. The van der Waals surface area contributed by atoms with Crippen LogP contribution < -0.4 is 0 Å². The quantitative estimate of drug-likeness (QED) is 0.377. The molecule has 4 heterocycles. The third-order valence-electron chi connectivity index (χ3n) is 6.35. The number of imidazole rings is 1. The minimum absolute atomic E-state index is 0.478. The molecule has 0 aliphatic carbocycles. The normalized spacial score (nSPS) is 11.4. The second-order valence-corrected chi connectivity index (χ2v) is 8.73. The molecule has 0 amide bonds. The van der Waals surface area contributed by atoms with Crippen LogP contribution in [-0.4, -0.2) is 44.9 Å². The zero-order chi connectivity index (χ0) is 24.8. The summed E-state index contributed by atoms with van der Waals surface area (Å²) in [4.78, 5) is 9.68. The Hall–Kier alpha value is -4.84. The van der Waals surface area contributed by atoms with Gasteiger partial charge in [-0.2, -0.15) is 10.3 Å². The molecule has 176 valence electrons. The molecule has 6 rings (SSSR count). The van der Waals surface area contributed by atoms with Crippen LogP contribution in [0.3, 0.4) is 0 Å². The highest BCUT2D eigenvalue weighted by Crippen LogP contribution is 2.29. The first-order chi connectivity index (χ1) is 17.6. The molecular formula is C27H23N9. The van der Waals surface area contributed by atoms with E-state index in [0.29, 0.717) is 18.1 Å². The molecule has 0 radical (unpaired) electrons. The van der Waals surface area contributed by atoms with Gasteiger partial charge in [-0.05, 0) is 66.4 Å². The van der Waals surface area contributed by atoms with Crippen LogP contribution in [0.5, 0.6) is 0 Å². The van der Waals surface area contributed by atoms with E-state index in [2.05, 4.69) is 63.2 Å². The van der Waals surface area contributed by atoms with Gasteiger partial charge < -0.3 is 4.57 Å². The van der Waals surface area contributed by atoms with Crippen molar-refractivity contribution in [2.24, 2.45) is 0 Å². The lowest BCUT2D eigenvalue weighted by Crippen LogP contribution is -2.05. The van der Waals surface area contributed by atoms with Crippen LogP contribution in [0.1, 0.15) is 35.3 Å². The molecule has 2 aromatic carbocycles. The van der Waals surface area contributed by atoms with Gasteiger partial charge in [0.1, 0.15) is 17.0 Å². The number of H-pyrrole nitrogens is 1. The standard InChI is InChI=1S/C27H23N9/c1-5-22-20-14-18(15-35-24(6-2)29-25-16(3)13-17(4)28-27(25)35)11-12-21(20)32-36(22)23-10-8-7-9-19(23)26-30-33-34-31-26/h1,7-14H,6,15H2,2-4H3,(H,30,31,33,34). The summed E-state index contributed by atoms with van der Waals surface area (Å²) in [6, 6.07) is 16.0. The minimum atomic E-state index is 0.478. The van der Waals surface area contributed by atoms with E-state index in [1.54, 1.807) is 4.68 Å². The number of pyridine rings is 1. The fourth-order valence-corrected chi connectivity index (χ4v) is 4.73. The van der Waals surface area contributed by atoms with E-state index in [1.165, 1.54) is 0 Å². The highest BCUT2D eigenvalue weighted by Gasteiger charge is 2.18. The van der Waals surface area contributed by atoms with E-state index in [1.807, 2.05) is 37.3 Å². The zero-order valence-corrected chi connectivity index (χ0v) is 20.2. The number of hydrogen-bond acceptors (Lipinski definition) is 6. The van der Waals surface area contributed by atoms with Gasteiger partial charge in [0.2, 0.25) is 5.82 Å². The van der Waals surface area contributed by atoms with Crippen LogP contribution in [0.15, 0.2) is 48.5 Å². The van der Waals surface area contributed by atoms with Gasteiger partial charge in [0.15, 0.2) is 5.65 Å². The molecule has 9 heteroatoms. The van der Waals surface area contributed by atoms with Gasteiger partial charge in [0, 0.05) is 23.1 Å². The average molecular weight is 474 g/mol. The van der Waals surface area contributed by atoms with Gasteiger partial charge in [0.05, 0.1) is 17.7 Å². The number of benzene rings is 2. The Morgan fingerprint density at radius 1 is 1.06 bits per heavy atom. The first-order valence-electron chi connectivity index (χ1n) is 11.7.